The van der Waals surface area contributed by atoms with Crippen LogP contribution in [0, 0.1) is 0 Å². The van der Waals surface area contributed by atoms with Crippen molar-refractivity contribution in [3.05, 3.63) is 94.2 Å². The van der Waals surface area contributed by atoms with Crippen LogP contribution >= 0.6 is 23.2 Å². The number of halogens is 2. The first-order chi connectivity index (χ1) is 16.4. The number of rotatable bonds is 8. The zero-order chi connectivity index (χ0) is 24.2. The third kappa shape index (κ3) is 4.84. The first kappa shape index (κ1) is 23.9. The van der Waals surface area contributed by atoms with Gasteiger partial charge < -0.3 is 14.6 Å². The summed E-state index contributed by atoms with van der Waals surface area (Å²) in [7, 11) is 1.90. The molecular weight excluding hydrogens is 467 g/mol. The van der Waals surface area contributed by atoms with Crippen LogP contribution in [0.4, 0.5) is 5.69 Å². The van der Waals surface area contributed by atoms with E-state index >= 15 is 0 Å². The molecule has 0 aliphatic carbocycles. The van der Waals surface area contributed by atoms with Gasteiger partial charge in [-0.3, -0.25) is 0 Å². The molecule has 0 amide bonds. The van der Waals surface area contributed by atoms with Crippen molar-refractivity contribution in [2.24, 2.45) is 0 Å². The van der Waals surface area contributed by atoms with Crippen molar-refractivity contribution in [1.29, 1.82) is 0 Å². The smallest absolute Gasteiger partial charge is 0.146 e. The largest absolute Gasteiger partial charge is 0.489 e. The van der Waals surface area contributed by atoms with Gasteiger partial charge in [0.1, 0.15) is 23.8 Å². The van der Waals surface area contributed by atoms with E-state index in [0.717, 1.165) is 39.5 Å². The Hall–Kier alpha value is -3.21. The topological polar surface area (TPSA) is 47.3 Å². The summed E-state index contributed by atoms with van der Waals surface area (Å²) >= 11 is 12.9. The Morgan fingerprint density at radius 3 is 2.32 bits per heavy atom. The molecule has 3 aromatic carbocycles. The molecule has 1 aromatic heterocycles. The molecule has 0 aliphatic heterocycles. The van der Waals surface area contributed by atoms with Gasteiger partial charge in [-0.1, -0.05) is 79.1 Å². The summed E-state index contributed by atoms with van der Waals surface area (Å²) in [5.41, 5.74) is 6.40. The normalized spacial score (nSPS) is 11.0. The predicted molar refractivity (Wildman–Crippen MR) is 142 cm³/mol. The number of benzene rings is 3. The van der Waals surface area contributed by atoms with Gasteiger partial charge in [-0.05, 0) is 53.1 Å². The number of hydrogen-bond donors (Lipinski definition) is 1. The maximum absolute atomic E-state index is 6.44. The van der Waals surface area contributed by atoms with E-state index in [2.05, 4.69) is 35.3 Å². The minimum absolute atomic E-state index is 0.128. The van der Waals surface area contributed by atoms with Crippen LogP contribution in [-0.2, 0) is 6.61 Å². The van der Waals surface area contributed by atoms with Crippen LogP contribution in [0.1, 0.15) is 36.7 Å². The van der Waals surface area contributed by atoms with Crippen LogP contribution in [0.25, 0.3) is 28.5 Å². The van der Waals surface area contributed by atoms with Crippen molar-refractivity contribution >= 4 is 35.0 Å². The number of nitrogens with zero attached hydrogens (tertiary/aromatic N) is 1. The van der Waals surface area contributed by atoms with Gasteiger partial charge in [0.2, 0.25) is 0 Å². The molecule has 0 bridgehead atoms. The molecule has 0 spiro atoms. The summed E-state index contributed by atoms with van der Waals surface area (Å²) < 4.78 is 11.8. The average molecular weight is 493 g/mol. The molecule has 4 aromatic rings. The lowest BCUT2D eigenvalue weighted by Gasteiger charge is -2.12. The number of hydrogen-bond acceptors (Lipinski definition) is 4. The summed E-state index contributed by atoms with van der Waals surface area (Å²) in [5.74, 6) is 1.62. The second-order valence-electron chi connectivity index (χ2n) is 8.19. The maximum atomic E-state index is 6.44. The van der Waals surface area contributed by atoms with Crippen molar-refractivity contribution < 1.29 is 9.26 Å². The molecule has 6 heteroatoms. The van der Waals surface area contributed by atoms with E-state index in [1.54, 1.807) is 18.2 Å². The minimum atomic E-state index is 0.128. The Morgan fingerprint density at radius 1 is 1.03 bits per heavy atom. The lowest BCUT2D eigenvalue weighted by molar-refractivity contribution is 0.298. The monoisotopic (exact) mass is 492 g/mol. The molecule has 0 unspecified atom stereocenters. The Bertz CT molecular complexity index is 1290. The molecule has 0 aliphatic rings. The van der Waals surface area contributed by atoms with Crippen LogP contribution in [0.3, 0.4) is 0 Å². The van der Waals surface area contributed by atoms with Gasteiger partial charge in [0.15, 0.2) is 0 Å². The van der Waals surface area contributed by atoms with E-state index in [1.807, 2.05) is 51.2 Å². The highest BCUT2D eigenvalue weighted by Crippen LogP contribution is 2.39. The third-order valence-corrected chi connectivity index (χ3v) is 6.28. The van der Waals surface area contributed by atoms with Crippen molar-refractivity contribution in [3.63, 3.8) is 0 Å². The highest BCUT2D eigenvalue weighted by atomic mass is 35.5. The molecule has 1 N–H and O–H groups in total. The lowest BCUT2D eigenvalue weighted by Crippen LogP contribution is -2.01. The van der Waals surface area contributed by atoms with E-state index in [4.69, 9.17) is 32.5 Å². The molecule has 4 rings (SSSR count). The molecule has 174 valence electrons. The molecule has 0 radical (unpaired) electrons. The first-order valence-corrected chi connectivity index (χ1v) is 11.8. The van der Waals surface area contributed by atoms with Gasteiger partial charge >= 0.3 is 0 Å². The predicted octanol–water partition coefficient (Wildman–Crippen LogP) is 8.70. The maximum Gasteiger partial charge on any atom is 0.146 e. The lowest BCUT2D eigenvalue weighted by atomic mass is 10.0. The number of nitrogens with one attached hydrogen (secondary N) is 1. The van der Waals surface area contributed by atoms with Crippen LogP contribution in [0.5, 0.6) is 5.75 Å². The first-order valence-electron chi connectivity index (χ1n) is 11.0. The van der Waals surface area contributed by atoms with E-state index < -0.39 is 0 Å². The van der Waals surface area contributed by atoms with Crippen LogP contribution < -0.4 is 10.1 Å². The zero-order valence-corrected chi connectivity index (χ0v) is 20.9. The van der Waals surface area contributed by atoms with Gasteiger partial charge in [-0.25, -0.2) is 0 Å². The fourth-order valence-corrected chi connectivity index (χ4v) is 4.45. The SMILES string of the molecule is C=Cc1cc(-c2ccc(OCc3c(-c4c(Cl)cccc4Cl)noc3C(C)C)cc2)ccc1NC. The Balaban J connectivity index is 1.59. The second kappa shape index (κ2) is 10.4. The molecule has 4 nitrogen and oxygen atoms in total. The van der Waals surface area contributed by atoms with E-state index in [0.29, 0.717) is 21.3 Å². The summed E-state index contributed by atoms with van der Waals surface area (Å²) in [6.07, 6.45) is 1.85. The molecule has 34 heavy (non-hydrogen) atoms. The van der Waals surface area contributed by atoms with E-state index in [9.17, 15) is 0 Å². The molecule has 0 fully saturated rings. The third-order valence-electron chi connectivity index (χ3n) is 5.65. The fraction of sp³-hybridized carbons (Fsp3) is 0.179. The van der Waals surface area contributed by atoms with Crippen molar-refractivity contribution in [1.82, 2.24) is 5.16 Å². The quantitative estimate of drug-likeness (QED) is 0.267. The highest BCUT2D eigenvalue weighted by molar-refractivity contribution is 6.39. The van der Waals surface area contributed by atoms with Gasteiger partial charge in [0.05, 0.1) is 15.6 Å². The van der Waals surface area contributed by atoms with Crippen LogP contribution in [0.15, 0.2) is 71.8 Å². The van der Waals surface area contributed by atoms with Crippen molar-refractivity contribution in [2.45, 2.75) is 26.4 Å². The number of ether oxygens (including phenoxy) is 1. The second-order valence-corrected chi connectivity index (χ2v) is 9.01. The van der Waals surface area contributed by atoms with Gasteiger partial charge in [-0.15, -0.1) is 0 Å². The van der Waals surface area contributed by atoms with Gasteiger partial charge in [-0.2, -0.15) is 0 Å². The number of aromatic nitrogens is 1. The van der Waals surface area contributed by atoms with Crippen molar-refractivity contribution in [3.8, 4) is 28.1 Å². The molecule has 0 saturated carbocycles. The summed E-state index contributed by atoms with van der Waals surface area (Å²) in [4.78, 5) is 0. The highest BCUT2D eigenvalue weighted by Gasteiger charge is 2.23. The average Bonchev–Trinajstić information content (AvgIpc) is 3.26. The standard InChI is InChI=1S/C28H26Cl2N2O2/c1-5-18-15-20(11-14-25(18)31-4)19-9-12-21(13-10-19)33-16-22-27(32-34-28(22)17(2)3)26-23(29)7-6-8-24(26)30/h5-15,17,31H,1,16H2,2-4H3. The molecular formula is C28H26Cl2N2O2. The molecule has 0 atom stereocenters. The van der Waals surface area contributed by atoms with E-state index in [-0.39, 0.29) is 12.5 Å². The van der Waals surface area contributed by atoms with E-state index in [1.165, 1.54) is 0 Å². The minimum Gasteiger partial charge on any atom is -0.489 e. The van der Waals surface area contributed by atoms with Gasteiger partial charge in [0, 0.05) is 24.2 Å². The van der Waals surface area contributed by atoms with Crippen molar-refractivity contribution in [2.75, 3.05) is 12.4 Å². The molecule has 1 heterocycles. The summed E-state index contributed by atoms with van der Waals surface area (Å²) in [6, 6.07) is 19.6. The van der Waals surface area contributed by atoms with Crippen LogP contribution in [-0.4, -0.2) is 12.2 Å². The zero-order valence-electron chi connectivity index (χ0n) is 19.4. The Morgan fingerprint density at radius 2 is 1.71 bits per heavy atom. The van der Waals surface area contributed by atoms with Gasteiger partial charge in [0.25, 0.3) is 0 Å². The van der Waals surface area contributed by atoms with Crippen LogP contribution in [0.2, 0.25) is 10.0 Å². The Kier molecular flexibility index (Phi) is 7.30. The summed E-state index contributed by atoms with van der Waals surface area (Å²) in [5, 5.41) is 8.50. The number of anilines is 1. The Labute approximate surface area is 210 Å². The molecule has 0 saturated heterocycles. The fourth-order valence-electron chi connectivity index (χ4n) is 3.87. The summed E-state index contributed by atoms with van der Waals surface area (Å²) in [6.45, 7) is 8.29.